The fourth-order valence-corrected chi connectivity index (χ4v) is 2.63. The van der Waals surface area contributed by atoms with Gasteiger partial charge in [-0.3, -0.25) is 4.79 Å². The predicted molar refractivity (Wildman–Crippen MR) is 77.9 cm³/mol. The van der Waals surface area contributed by atoms with E-state index in [2.05, 4.69) is 5.32 Å². The van der Waals surface area contributed by atoms with Gasteiger partial charge >= 0.3 is 0 Å². The van der Waals surface area contributed by atoms with Gasteiger partial charge in [-0.05, 0) is 17.5 Å². The molecule has 1 N–H and O–H groups in total. The van der Waals surface area contributed by atoms with E-state index in [0.29, 0.717) is 17.1 Å². The Morgan fingerprint density at radius 3 is 2.84 bits per heavy atom. The first-order chi connectivity index (χ1) is 9.22. The first-order valence-electron chi connectivity index (χ1n) is 5.80. The summed E-state index contributed by atoms with van der Waals surface area (Å²) in [5.41, 5.74) is 1.54. The van der Waals surface area contributed by atoms with E-state index in [1.54, 1.807) is 13.2 Å². The van der Waals surface area contributed by atoms with Crippen molar-refractivity contribution in [2.24, 2.45) is 0 Å². The fraction of sp³-hybridized carbons (Fsp3) is 0.214. The average molecular weight is 296 g/mol. The third-order valence-corrected chi connectivity index (χ3v) is 3.80. The SMILES string of the molecule is CO[C@H](CNC(=O)c1ccsc1)c1ccccc1Cl. The molecule has 0 aliphatic heterocycles. The molecular formula is C14H14ClNO2S. The number of benzene rings is 1. The zero-order chi connectivity index (χ0) is 13.7. The highest BCUT2D eigenvalue weighted by Crippen LogP contribution is 2.24. The van der Waals surface area contributed by atoms with Gasteiger partial charge in [-0.1, -0.05) is 29.8 Å². The number of hydrogen-bond acceptors (Lipinski definition) is 3. The Morgan fingerprint density at radius 2 is 2.21 bits per heavy atom. The fourth-order valence-electron chi connectivity index (χ4n) is 1.74. The van der Waals surface area contributed by atoms with Gasteiger partial charge in [0.05, 0.1) is 0 Å². The lowest BCUT2D eigenvalue weighted by atomic mass is 10.1. The maximum absolute atomic E-state index is 11.8. The highest BCUT2D eigenvalue weighted by atomic mass is 35.5. The van der Waals surface area contributed by atoms with E-state index in [1.807, 2.05) is 35.0 Å². The van der Waals surface area contributed by atoms with Gasteiger partial charge in [0.1, 0.15) is 6.10 Å². The first kappa shape index (κ1) is 14.1. The van der Waals surface area contributed by atoms with Crippen LogP contribution in [0.3, 0.4) is 0 Å². The van der Waals surface area contributed by atoms with Crippen molar-refractivity contribution in [3.8, 4) is 0 Å². The number of rotatable bonds is 5. The summed E-state index contributed by atoms with van der Waals surface area (Å²) in [6.45, 7) is 0.384. The Bertz CT molecular complexity index is 542. The molecule has 1 amide bonds. The molecular weight excluding hydrogens is 282 g/mol. The summed E-state index contributed by atoms with van der Waals surface area (Å²) in [6, 6.07) is 9.25. The molecule has 1 atom stereocenters. The molecule has 2 rings (SSSR count). The number of hydrogen-bond donors (Lipinski definition) is 1. The lowest BCUT2D eigenvalue weighted by Crippen LogP contribution is -2.28. The predicted octanol–water partition coefficient (Wildman–Crippen LogP) is 3.52. The smallest absolute Gasteiger partial charge is 0.252 e. The molecule has 0 saturated heterocycles. The molecule has 0 fully saturated rings. The van der Waals surface area contributed by atoms with E-state index >= 15 is 0 Å². The summed E-state index contributed by atoms with van der Waals surface area (Å²) in [6.07, 6.45) is -0.253. The Morgan fingerprint density at radius 1 is 1.42 bits per heavy atom. The quantitative estimate of drug-likeness (QED) is 0.916. The van der Waals surface area contributed by atoms with Gasteiger partial charge in [-0.2, -0.15) is 11.3 Å². The first-order valence-corrected chi connectivity index (χ1v) is 7.12. The van der Waals surface area contributed by atoms with Crippen LogP contribution in [0.4, 0.5) is 0 Å². The van der Waals surface area contributed by atoms with E-state index in [0.717, 1.165) is 5.56 Å². The molecule has 0 spiro atoms. The molecule has 3 nitrogen and oxygen atoms in total. The van der Waals surface area contributed by atoms with Crippen LogP contribution in [0.15, 0.2) is 41.1 Å². The summed E-state index contributed by atoms with van der Waals surface area (Å²) in [4.78, 5) is 11.8. The molecule has 0 unspecified atom stereocenters. The van der Waals surface area contributed by atoms with E-state index in [-0.39, 0.29) is 12.0 Å². The van der Waals surface area contributed by atoms with E-state index in [1.165, 1.54) is 11.3 Å². The minimum Gasteiger partial charge on any atom is -0.375 e. The third kappa shape index (κ3) is 3.56. The maximum Gasteiger partial charge on any atom is 0.252 e. The van der Waals surface area contributed by atoms with Crippen LogP contribution in [0.2, 0.25) is 5.02 Å². The molecule has 19 heavy (non-hydrogen) atoms. The second-order valence-corrected chi connectivity index (χ2v) is 5.16. The van der Waals surface area contributed by atoms with Crippen LogP contribution in [0.25, 0.3) is 0 Å². The molecule has 2 aromatic rings. The van der Waals surface area contributed by atoms with Crippen LogP contribution in [0.1, 0.15) is 22.0 Å². The van der Waals surface area contributed by atoms with E-state index in [4.69, 9.17) is 16.3 Å². The Hall–Kier alpha value is -1.36. The van der Waals surface area contributed by atoms with Gasteiger partial charge in [-0.15, -0.1) is 0 Å². The van der Waals surface area contributed by atoms with Gasteiger partial charge in [0.15, 0.2) is 0 Å². The lowest BCUT2D eigenvalue weighted by Gasteiger charge is -2.17. The van der Waals surface area contributed by atoms with Crippen LogP contribution >= 0.6 is 22.9 Å². The van der Waals surface area contributed by atoms with E-state index in [9.17, 15) is 4.79 Å². The number of ether oxygens (including phenoxy) is 1. The van der Waals surface area contributed by atoms with Gasteiger partial charge in [0.25, 0.3) is 5.91 Å². The Balaban J connectivity index is 2.01. The maximum atomic E-state index is 11.8. The number of thiophene rings is 1. The third-order valence-electron chi connectivity index (χ3n) is 2.77. The zero-order valence-electron chi connectivity index (χ0n) is 10.4. The zero-order valence-corrected chi connectivity index (χ0v) is 12.0. The van der Waals surface area contributed by atoms with Crippen molar-refractivity contribution in [1.82, 2.24) is 5.32 Å². The summed E-state index contributed by atoms with van der Waals surface area (Å²) < 4.78 is 5.39. The number of nitrogens with one attached hydrogen (secondary N) is 1. The number of carbonyl (C=O) groups is 1. The number of methoxy groups -OCH3 is 1. The molecule has 0 bridgehead atoms. The molecule has 1 aromatic heterocycles. The second-order valence-electron chi connectivity index (χ2n) is 3.97. The molecule has 100 valence electrons. The van der Waals surface area contributed by atoms with Crippen molar-refractivity contribution >= 4 is 28.8 Å². The Kier molecular flexibility index (Phi) is 4.96. The minimum absolute atomic E-state index is 0.102. The van der Waals surface area contributed by atoms with Crippen molar-refractivity contribution in [3.05, 3.63) is 57.2 Å². The second kappa shape index (κ2) is 6.70. The molecule has 0 aliphatic rings. The molecule has 0 aliphatic carbocycles. The monoisotopic (exact) mass is 295 g/mol. The molecule has 5 heteroatoms. The minimum atomic E-state index is -0.253. The lowest BCUT2D eigenvalue weighted by molar-refractivity contribution is 0.0828. The normalized spacial score (nSPS) is 12.1. The van der Waals surface area contributed by atoms with Crippen molar-refractivity contribution < 1.29 is 9.53 Å². The summed E-state index contributed by atoms with van der Waals surface area (Å²) in [5, 5.41) is 7.17. The standard InChI is InChI=1S/C14H14ClNO2S/c1-18-13(11-4-2-3-5-12(11)15)8-16-14(17)10-6-7-19-9-10/h2-7,9,13H,8H2,1H3,(H,16,17)/t13-/m1/s1. The van der Waals surface area contributed by atoms with Crippen LogP contribution < -0.4 is 5.32 Å². The molecule has 0 radical (unpaired) electrons. The summed E-state index contributed by atoms with van der Waals surface area (Å²) >= 11 is 7.62. The van der Waals surface area contributed by atoms with Gasteiger partial charge in [0.2, 0.25) is 0 Å². The summed E-state index contributed by atoms with van der Waals surface area (Å²) in [5.74, 6) is -0.102. The highest BCUT2D eigenvalue weighted by molar-refractivity contribution is 7.08. The van der Waals surface area contributed by atoms with Crippen LogP contribution in [-0.4, -0.2) is 19.6 Å². The molecule has 0 saturated carbocycles. The number of carbonyl (C=O) groups excluding carboxylic acids is 1. The van der Waals surface area contributed by atoms with Crippen molar-refractivity contribution in [2.45, 2.75) is 6.10 Å². The highest BCUT2D eigenvalue weighted by Gasteiger charge is 2.15. The van der Waals surface area contributed by atoms with Crippen molar-refractivity contribution in [1.29, 1.82) is 0 Å². The van der Waals surface area contributed by atoms with Crippen molar-refractivity contribution in [2.75, 3.05) is 13.7 Å². The van der Waals surface area contributed by atoms with Gasteiger partial charge in [-0.25, -0.2) is 0 Å². The molecule has 1 aromatic carbocycles. The van der Waals surface area contributed by atoms with Gasteiger partial charge < -0.3 is 10.1 Å². The summed E-state index contributed by atoms with van der Waals surface area (Å²) in [7, 11) is 1.60. The number of halogens is 1. The van der Waals surface area contributed by atoms with Gasteiger partial charge in [0, 0.05) is 35.2 Å². The van der Waals surface area contributed by atoms with Crippen molar-refractivity contribution in [3.63, 3.8) is 0 Å². The van der Waals surface area contributed by atoms with E-state index < -0.39 is 0 Å². The Labute approximate surface area is 121 Å². The van der Waals surface area contributed by atoms with Crippen LogP contribution in [0, 0.1) is 0 Å². The molecule has 1 heterocycles. The van der Waals surface area contributed by atoms with Crippen LogP contribution in [-0.2, 0) is 4.74 Å². The topological polar surface area (TPSA) is 38.3 Å². The number of amides is 1. The average Bonchev–Trinajstić information content (AvgIpc) is 2.95. The van der Waals surface area contributed by atoms with Crippen LogP contribution in [0.5, 0.6) is 0 Å². The largest absolute Gasteiger partial charge is 0.375 e.